The zero-order valence-electron chi connectivity index (χ0n) is 15.9. The molecule has 0 atom stereocenters. The molecule has 0 aromatic heterocycles. The zero-order valence-corrected chi connectivity index (χ0v) is 16.8. The van der Waals surface area contributed by atoms with E-state index >= 15 is 0 Å². The van der Waals surface area contributed by atoms with Gasteiger partial charge in [-0.15, -0.1) is 0 Å². The summed E-state index contributed by atoms with van der Waals surface area (Å²) in [6, 6.07) is 1.78. The zero-order chi connectivity index (χ0) is 21.6. The number of carbonyl (C=O) groups is 3. The van der Waals surface area contributed by atoms with Crippen LogP contribution in [0.25, 0.3) is 0 Å². The summed E-state index contributed by atoms with van der Waals surface area (Å²) in [5.41, 5.74) is -0.252. The number of rotatable bonds is 6. The maximum atomic E-state index is 14.1. The van der Waals surface area contributed by atoms with Crippen LogP contribution in [0, 0.1) is 5.82 Å². The molecular formula is C17H22FN3O7S. The third-order valence-electron chi connectivity index (χ3n) is 3.76. The van der Waals surface area contributed by atoms with E-state index in [4.69, 9.17) is 9.47 Å². The van der Waals surface area contributed by atoms with Gasteiger partial charge >= 0.3 is 12.0 Å². The van der Waals surface area contributed by atoms with Gasteiger partial charge in [-0.25, -0.2) is 22.4 Å². The van der Waals surface area contributed by atoms with E-state index in [2.05, 4.69) is 5.32 Å². The fourth-order valence-electron chi connectivity index (χ4n) is 2.43. The Morgan fingerprint density at radius 3 is 2.52 bits per heavy atom. The standard InChI is InChI=1S/C17H22FN3O7S/c1-11(2)19-17(24)20-15(22)10-28-16(23)12-3-4-13(18)14(9-12)29(25,26)21-5-7-27-8-6-21/h3-4,9,11H,5-8,10H2,1-2H3,(H2,19,20,22,24). The normalized spacial score (nSPS) is 15.0. The minimum Gasteiger partial charge on any atom is -0.452 e. The minimum absolute atomic E-state index is 0.0645. The molecule has 29 heavy (non-hydrogen) atoms. The second-order valence-electron chi connectivity index (χ2n) is 6.41. The van der Waals surface area contributed by atoms with Crippen molar-refractivity contribution >= 4 is 27.9 Å². The Morgan fingerprint density at radius 2 is 1.90 bits per heavy atom. The van der Waals surface area contributed by atoms with E-state index in [9.17, 15) is 27.2 Å². The highest BCUT2D eigenvalue weighted by atomic mass is 32.2. The molecule has 1 heterocycles. The Morgan fingerprint density at radius 1 is 1.24 bits per heavy atom. The van der Waals surface area contributed by atoms with E-state index in [0.29, 0.717) is 0 Å². The first-order valence-corrected chi connectivity index (χ1v) is 10.2. The van der Waals surface area contributed by atoms with Gasteiger partial charge in [0.25, 0.3) is 5.91 Å². The second kappa shape index (κ2) is 9.76. The highest BCUT2D eigenvalue weighted by Crippen LogP contribution is 2.22. The summed E-state index contributed by atoms with van der Waals surface area (Å²) in [6.07, 6.45) is 0. The van der Waals surface area contributed by atoms with Gasteiger partial charge in [-0.1, -0.05) is 0 Å². The van der Waals surface area contributed by atoms with Gasteiger partial charge in [0, 0.05) is 19.1 Å². The van der Waals surface area contributed by atoms with Crippen molar-refractivity contribution in [3.63, 3.8) is 0 Å². The smallest absolute Gasteiger partial charge is 0.338 e. The number of hydrogen-bond donors (Lipinski definition) is 2. The largest absolute Gasteiger partial charge is 0.452 e. The van der Waals surface area contributed by atoms with Crippen molar-refractivity contribution in [2.24, 2.45) is 0 Å². The summed E-state index contributed by atoms with van der Waals surface area (Å²) in [5, 5.41) is 4.39. The molecule has 0 saturated carbocycles. The number of halogens is 1. The van der Waals surface area contributed by atoms with Gasteiger partial charge in [0.05, 0.1) is 18.8 Å². The number of hydrogen-bond acceptors (Lipinski definition) is 7. The molecule has 10 nitrogen and oxygen atoms in total. The van der Waals surface area contributed by atoms with Gasteiger partial charge < -0.3 is 14.8 Å². The fourth-order valence-corrected chi connectivity index (χ4v) is 3.93. The van der Waals surface area contributed by atoms with Crippen LogP contribution in [0.5, 0.6) is 0 Å². The molecule has 0 aliphatic carbocycles. The topological polar surface area (TPSA) is 131 Å². The Balaban J connectivity index is 2.05. The average Bonchev–Trinajstić information content (AvgIpc) is 2.66. The van der Waals surface area contributed by atoms with Crippen molar-refractivity contribution in [2.45, 2.75) is 24.8 Å². The van der Waals surface area contributed by atoms with Gasteiger partial charge in [0.1, 0.15) is 10.7 Å². The van der Waals surface area contributed by atoms with Gasteiger partial charge in [0.2, 0.25) is 10.0 Å². The fraction of sp³-hybridized carbons (Fsp3) is 0.471. The average molecular weight is 431 g/mol. The van der Waals surface area contributed by atoms with Crippen LogP contribution in [-0.4, -0.2) is 69.6 Å². The first-order chi connectivity index (χ1) is 13.6. The second-order valence-corrected chi connectivity index (χ2v) is 8.32. The van der Waals surface area contributed by atoms with Gasteiger partial charge in [-0.3, -0.25) is 10.1 Å². The lowest BCUT2D eigenvalue weighted by molar-refractivity contribution is -0.123. The molecule has 0 unspecified atom stereocenters. The highest BCUT2D eigenvalue weighted by Gasteiger charge is 2.30. The summed E-state index contributed by atoms with van der Waals surface area (Å²) < 4.78 is 50.3. The third-order valence-corrected chi connectivity index (χ3v) is 5.68. The number of carbonyl (C=O) groups excluding carboxylic acids is 3. The van der Waals surface area contributed by atoms with Crippen LogP contribution in [0.3, 0.4) is 0 Å². The van der Waals surface area contributed by atoms with Crippen LogP contribution in [-0.2, 0) is 24.3 Å². The van der Waals surface area contributed by atoms with E-state index in [1.54, 1.807) is 13.8 Å². The van der Waals surface area contributed by atoms with Gasteiger partial charge in [0.15, 0.2) is 6.61 Å². The molecule has 0 spiro atoms. The summed E-state index contributed by atoms with van der Waals surface area (Å²) >= 11 is 0. The number of ether oxygens (including phenoxy) is 2. The summed E-state index contributed by atoms with van der Waals surface area (Å²) in [5.74, 6) is -2.93. The Bertz CT molecular complexity index is 883. The molecule has 0 bridgehead atoms. The number of nitrogens with zero attached hydrogens (tertiary/aromatic N) is 1. The summed E-state index contributed by atoms with van der Waals surface area (Å²) in [7, 11) is -4.17. The number of urea groups is 1. The van der Waals surface area contributed by atoms with Crippen molar-refractivity contribution in [1.29, 1.82) is 0 Å². The van der Waals surface area contributed by atoms with E-state index in [-0.39, 0.29) is 37.9 Å². The van der Waals surface area contributed by atoms with Crippen LogP contribution < -0.4 is 10.6 Å². The Labute approximate surface area is 167 Å². The molecule has 12 heteroatoms. The van der Waals surface area contributed by atoms with Crippen molar-refractivity contribution in [2.75, 3.05) is 32.9 Å². The molecule has 2 rings (SSSR count). The quantitative estimate of drug-likeness (QED) is 0.617. The van der Waals surface area contributed by atoms with Crippen LogP contribution in [0.4, 0.5) is 9.18 Å². The highest BCUT2D eigenvalue weighted by molar-refractivity contribution is 7.89. The molecule has 1 aliphatic rings. The molecular weight excluding hydrogens is 409 g/mol. The van der Waals surface area contributed by atoms with E-state index in [1.807, 2.05) is 5.32 Å². The first kappa shape index (κ1) is 22.7. The van der Waals surface area contributed by atoms with Crippen LogP contribution in [0.15, 0.2) is 23.1 Å². The van der Waals surface area contributed by atoms with E-state index < -0.39 is 45.3 Å². The molecule has 1 saturated heterocycles. The maximum absolute atomic E-state index is 14.1. The lowest BCUT2D eigenvalue weighted by Gasteiger charge is -2.26. The number of imide groups is 1. The number of sulfonamides is 1. The SMILES string of the molecule is CC(C)NC(=O)NC(=O)COC(=O)c1ccc(F)c(S(=O)(=O)N2CCOCC2)c1. The van der Waals surface area contributed by atoms with Crippen molar-refractivity contribution in [3.05, 3.63) is 29.6 Å². The van der Waals surface area contributed by atoms with E-state index in [0.717, 1.165) is 22.5 Å². The minimum atomic E-state index is -4.17. The molecule has 160 valence electrons. The van der Waals surface area contributed by atoms with Gasteiger partial charge in [-0.05, 0) is 32.0 Å². The molecule has 1 fully saturated rings. The molecule has 3 amide bonds. The monoisotopic (exact) mass is 431 g/mol. The van der Waals surface area contributed by atoms with Crippen molar-refractivity contribution in [1.82, 2.24) is 14.9 Å². The van der Waals surface area contributed by atoms with Crippen LogP contribution >= 0.6 is 0 Å². The summed E-state index contributed by atoms with van der Waals surface area (Å²) in [6.45, 7) is 3.11. The summed E-state index contributed by atoms with van der Waals surface area (Å²) in [4.78, 5) is 34.5. The molecule has 0 radical (unpaired) electrons. The number of nitrogens with one attached hydrogen (secondary N) is 2. The Hall–Kier alpha value is -2.57. The predicted molar refractivity (Wildman–Crippen MR) is 98.1 cm³/mol. The number of benzene rings is 1. The molecule has 1 aliphatic heterocycles. The Kier molecular flexibility index (Phi) is 7.65. The predicted octanol–water partition coefficient (Wildman–Crippen LogP) is 0.238. The van der Waals surface area contributed by atoms with Crippen LogP contribution in [0.1, 0.15) is 24.2 Å². The van der Waals surface area contributed by atoms with Crippen molar-refractivity contribution in [3.8, 4) is 0 Å². The van der Waals surface area contributed by atoms with E-state index in [1.165, 1.54) is 0 Å². The molecule has 2 N–H and O–H groups in total. The molecule has 1 aromatic carbocycles. The third kappa shape index (κ3) is 6.21. The maximum Gasteiger partial charge on any atom is 0.338 e. The molecule has 1 aromatic rings. The lowest BCUT2D eigenvalue weighted by Crippen LogP contribution is -2.44. The van der Waals surface area contributed by atoms with Crippen LogP contribution in [0.2, 0.25) is 0 Å². The lowest BCUT2D eigenvalue weighted by atomic mass is 10.2. The first-order valence-electron chi connectivity index (χ1n) is 8.76. The van der Waals surface area contributed by atoms with Crippen molar-refractivity contribution < 1.29 is 36.7 Å². The van der Waals surface area contributed by atoms with Gasteiger partial charge in [-0.2, -0.15) is 4.31 Å². The number of amides is 3. The number of esters is 1. The number of morpholine rings is 1.